The largest absolute Gasteiger partial charge is 0.478 e. The molecule has 0 unspecified atom stereocenters. The topological polar surface area (TPSA) is 109 Å². The van der Waals surface area contributed by atoms with Crippen LogP contribution in [-0.2, 0) is 8.87 Å². The number of carboxylic acid groups (broad SMARTS) is 2. The molecule has 0 bridgehead atoms. The molecule has 0 fully saturated rings. The lowest BCUT2D eigenvalue weighted by atomic mass is 10.1. The van der Waals surface area contributed by atoms with Crippen molar-refractivity contribution in [2.75, 3.05) is 0 Å². The van der Waals surface area contributed by atoms with Crippen LogP contribution in [0, 0.1) is 0 Å². The molecule has 0 aliphatic rings. The Morgan fingerprint density at radius 3 is 1.70 bits per heavy atom. The molecule has 0 aromatic heterocycles. The second kappa shape index (κ2) is 5.32. The van der Waals surface area contributed by atoms with Crippen LogP contribution in [0.3, 0.4) is 0 Å². The highest BCUT2D eigenvalue weighted by atomic mass is 33.1. The molecule has 1 rings (SSSR count). The van der Waals surface area contributed by atoms with Gasteiger partial charge in [-0.3, -0.25) is 0 Å². The Labute approximate surface area is 113 Å². The van der Waals surface area contributed by atoms with Crippen molar-refractivity contribution in [3.05, 3.63) is 29.3 Å². The van der Waals surface area contributed by atoms with Crippen LogP contribution in [0.2, 0.25) is 0 Å². The standard InChI is InChI=1S/C9H5F3O6S2/c10-9(11,12)19-20(17,18)6-2-4(7(13)14)1-5(3-6)8(15)16/h1-3H,(H,13,14)(H,15,16). The summed E-state index contributed by atoms with van der Waals surface area (Å²) >= 11 is 0. The van der Waals surface area contributed by atoms with Gasteiger partial charge in [0, 0.05) is 0 Å². The lowest BCUT2D eigenvalue weighted by Gasteiger charge is -2.08. The Kier molecular flexibility index (Phi) is 4.34. The Morgan fingerprint density at radius 2 is 1.40 bits per heavy atom. The van der Waals surface area contributed by atoms with Crippen LogP contribution in [-0.4, -0.2) is 36.1 Å². The van der Waals surface area contributed by atoms with Gasteiger partial charge in [0.15, 0.2) is 0 Å². The van der Waals surface area contributed by atoms with E-state index in [9.17, 15) is 31.2 Å². The fourth-order valence-electron chi connectivity index (χ4n) is 1.16. The Balaban J connectivity index is 3.45. The maximum Gasteiger partial charge on any atom is 0.456 e. The number of hydrogen-bond acceptors (Lipinski definition) is 5. The van der Waals surface area contributed by atoms with E-state index in [4.69, 9.17) is 10.2 Å². The minimum absolute atomic E-state index is 0.461. The number of hydrogen-bond donors (Lipinski definition) is 2. The van der Waals surface area contributed by atoms with E-state index in [1.165, 1.54) is 0 Å². The van der Waals surface area contributed by atoms with Crippen LogP contribution in [0.4, 0.5) is 13.2 Å². The van der Waals surface area contributed by atoms with Gasteiger partial charge in [0.25, 0.3) is 0 Å². The zero-order valence-corrected chi connectivity index (χ0v) is 10.8. The minimum Gasteiger partial charge on any atom is -0.478 e. The van der Waals surface area contributed by atoms with Gasteiger partial charge in [0.1, 0.15) is 0 Å². The highest BCUT2D eigenvalue weighted by Gasteiger charge is 2.38. The molecule has 0 aliphatic carbocycles. The Hall–Kier alpha value is -1.75. The summed E-state index contributed by atoms with van der Waals surface area (Å²) in [7, 11) is -6.33. The molecule has 0 atom stereocenters. The smallest absolute Gasteiger partial charge is 0.456 e. The van der Waals surface area contributed by atoms with Gasteiger partial charge in [-0.25, -0.2) is 18.0 Å². The second-order valence-electron chi connectivity index (χ2n) is 3.34. The summed E-state index contributed by atoms with van der Waals surface area (Å²) in [5.74, 6) is -3.33. The molecular formula is C9H5F3O6S2. The Morgan fingerprint density at radius 1 is 1.00 bits per heavy atom. The highest BCUT2D eigenvalue weighted by Crippen LogP contribution is 2.39. The van der Waals surface area contributed by atoms with Crippen LogP contribution in [0.15, 0.2) is 23.1 Å². The van der Waals surface area contributed by atoms with Crippen LogP contribution >= 0.6 is 10.8 Å². The van der Waals surface area contributed by atoms with Crippen molar-refractivity contribution in [2.24, 2.45) is 0 Å². The number of rotatable bonds is 4. The molecule has 1 aromatic carbocycles. The van der Waals surface area contributed by atoms with Crippen LogP contribution in [0.5, 0.6) is 0 Å². The molecule has 0 saturated carbocycles. The van der Waals surface area contributed by atoms with Crippen molar-refractivity contribution in [1.29, 1.82) is 0 Å². The van der Waals surface area contributed by atoms with Crippen LogP contribution in [0.25, 0.3) is 0 Å². The minimum atomic E-state index is -5.11. The van der Waals surface area contributed by atoms with Gasteiger partial charge in [-0.2, -0.15) is 13.2 Å². The number of benzene rings is 1. The first-order chi connectivity index (χ1) is 8.92. The van der Waals surface area contributed by atoms with E-state index in [1.807, 2.05) is 0 Å². The number of aromatic carboxylic acids is 2. The molecular weight excluding hydrogens is 325 g/mol. The lowest BCUT2D eigenvalue weighted by molar-refractivity contribution is -0.0312. The second-order valence-corrected chi connectivity index (χ2v) is 7.17. The van der Waals surface area contributed by atoms with E-state index < -0.39 is 53.1 Å². The summed E-state index contributed by atoms with van der Waals surface area (Å²) in [4.78, 5) is 20.4. The third-order valence-corrected chi connectivity index (χ3v) is 4.92. The van der Waals surface area contributed by atoms with Crippen molar-refractivity contribution in [3.63, 3.8) is 0 Å². The van der Waals surface area contributed by atoms with Crippen molar-refractivity contribution in [1.82, 2.24) is 0 Å². The summed E-state index contributed by atoms with van der Waals surface area (Å²) in [6, 6.07) is 1.56. The quantitative estimate of drug-likeness (QED) is 0.813. The average molecular weight is 330 g/mol. The van der Waals surface area contributed by atoms with Gasteiger partial charge in [0.2, 0.25) is 8.87 Å². The number of carboxylic acids is 2. The third kappa shape index (κ3) is 4.13. The SMILES string of the molecule is O=C(O)c1cc(C(=O)O)cc(S(=O)(=O)SC(F)(F)F)c1. The maximum absolute atomic E-state index is 12.1. The van der Waals surface area contributed by atoms with E-state index in [-0.39, 0.29) is 0 Å². The molecule has 6 nitrogen and oxygen atoms in total. The van der Waals surface area contributed by atoms with E-state index in [0.29, 0.717) is 18.2 Å². The first kappa shape index (κ1) is 16.3. The summed E-state index contributed by atoms with van der Waals surface area (Å²) < 4.78 is 59.2. The predicted octanol–water partition coefficient (Wildman–Crippen LogP) is 2.02. The zero-order chi connectivity index (χ0) is 15.7. The van der Waals surface area contributed by atoms with E-state index in [2.05, 4.69) is 0 Å². The highest BCUT2D eigenvalue weighted by molar-refractivity contribution is 8.72. The fourth-order valence-corrected chi connectivity index (χ4v) is 3.37. The summed E-state index contributed by atoms with van der Waals surface area (Å²) in [6.45, 7) is 0. The molecule has 2 N–H and O–H groups in total. The van der Waals surface area contributed by atoms with Crippen molar-refractivity contribution >= 4 is 31.6 Å². The molecule has 0 amide bonds. The molecule has 0 radical (unpaired) electrons. The molecule has 110 valence electrons. The van der Waals surface area contributed by atoms with Crippen LogP contribution < -0.4 is 0 Å². The molecule has 11 heteroatoms. The number of halogens is 3. The van der Waals surface area contributed by atoms with E-state index >= 15 is 0 Å². The zero-order valence-electron chi connectivity index (χ0n) is 9.21. The van der Waals surface area contributed by atoms with Gasteiger partial charge in [-0.15, -0.1) is 0 Å². The lowest BCUT2D eigenvalue weighted by Crippen LogP contribution is -2.10. The van der Waals surface area contributed by atoms with Gasteiger partial charge < -0.3 is 10.2 Å². The normalized spacial score (nSPS) is 12.2. The molecule has 0 aliphatic heterocycles. The summed E-state index contributed by atoms with van der Waals surface area (Å²) in [6.07, 6.45) is 0. The number of alkyl halides is 3. The van der Waals surface area contributed by atoms with Gasteiger partial charge in [-0.05, 0) is 18.2 Å². The van der Waals surface area contributed by atoms with E-state index in [0.717, 1.165) is 0 Å². The first-order valence-corrected chi connectivity index (χ1v) is 7.38. The molecule has 0 heterocycles. The van der Waals surface area contributed by atoms with Crippen molar-refractivity contribution in [2.45, 2.75) is 10.4 Å². The summed E-state index contributed by atoms with van der Waals surface area (Å²) in [5, 5.41) is 17.4. The molecule has 0 saturated heterocycles. The predicted molar refractivity (Wildman–Crippen MR) is 61.2 cm³/mol. The van der Waals surface area contributed by atoms with Gasteiger partial charge in [-0.1, -0.05) is 0 Å². The molecule has 1 aromatic rings. The Bertz CT molecular complexity index is 633. The van der Waals surface area contributed by atoms with Gasteiger partial charge >= 0.3 is 17.4 Å². The maximum atomic E-state index is 12.1. The average Bonchev–Trinajstić information content (AvgIpc) is 2.25. The van der Waals surface area contributed by atoms with Crippen molar-refractivity contribution in [3.8, 4) is 0 Å². The van der Waals surface area contributed by atoms with Crippen LogP contribution in [0.1, 0.15) is 20.7 Å². The first-order valence-electron chi connectivity index (χ1n) is 4.56. The molecule has 0 spiro atoms. The third-order valence-electron chi connectivity index (χ3n) is 1.89. The molecule has 20 heavy (non-hydrogen) atoms. The fraction of sp³-hybridized carbons (Fsp3) is 0.111. The summed E-state index contributed by atoms with van der Waals surface area (Å²) in [5.41, 5.74) is -6.60. The van der Waals surface area contributed by atoms with Gasteiger partial charge in [0.05, 0.1) is 26.8 Å². The monoisotopic (exact) mass is 330 g/mol. The number of carbonyl (C=O) groups is 2. The van der Waals surface area contributed by atoms with Crippen molar-refractivity contribution < 1.29 is 41.4 Å². The van der Waals surface area contributed by atoms with E-state index in [1.54, 1.807) is 0 Å².